The van der Waals surface area contributed by atoms with E-state index in [9.17, 15) is 4.79 Å². The van der Waals surface area contributed by atoms with E-state index in [-0.39, 0.29) is 5.91 Å². The standard InChI is InChI=1S/C15H22N4O/c1-12(2)11-18(8-5-7-16)15(20)13-10-17-19-9-4-3-6-14(13)19/h3-4,6,9-10,12H,5,7-8,11,16H2,1-2H3. The van der Waals surface area contributed by atoms with Crippen molar-refractivity contribution >= 4 is 11.4 Å². The third kappa shape index (κ3) is 3.17. The quantitative estimate of drug-likeness (QED) is 0.873. The van der Waals surface area contributed by atoms with Crippen molar-refractivity contribution in [3.8, 4) is 0 Å². The number of carbonyl (C=O) groups excluding carboxylic acids is 1. The van der Waals surface area contributed by atoms with E-state index in [1.807, 2.05) is 29.3 Å². The first-order valence-corrected chi connectivity index (χ1v) is 7.05. The normalized spacial score (nSPS) is 11.2. The minimum Gasteiger partial charge on any atom is -0.338 e. The average molecular weight is 274 g/mol. The van der Waals surface area contributed by atoms with Gasteiger partial charge in [-0.2, -0.15) is 5.10 Å². The molecule has 108 valence electrons. The van der Waals surface area contributed by atoms with Crippen LogP contribution in [0.25, 0.3) is 5.52 Å². The molecule has 0 aliphatic carbocycles. The van der Waals surface area contributed by atoms with Crippen LogP contribution in [0.5, 0.6) is 0 Å². The lowest BCUT2D eigenvalue weighted by atomic mass is 10.1. The Kier molecular flexibility index (Phi) is 4.74. The Balaban J connectivity index is 2.26. The van der Waals surface area contributed by atoms with Crippen LogP contribution in [0.4, 0.5) is 0 Å². The Morgan fingerprint density at radius 1 is 1.45 bits per heavy atom. The van der Waals surface area contributed by atoms with Gasteiger partial charge >= 0.3 is 0 Å². The second kappa shape index (κ2) is 6.52. The molecular weight excluding hydrogens is 252 g/mol. The topological polar surface area (TPSA) is 63.6 Å². The Morgan fingerprint density at radius 3 is 2.95 bits per heavy atom. The zero-order chi connectivity index (χ0) is 14.5. The molecule has 2 rings (SSSR count). The van der Waals surface area contributed by atoms with E-state index in [0.29, 0.717) is 24.6 Å². The molecule has 0 radical (unpaired) electrons. The van der Waals surface area contributed by atoms with Crippen molar-refractivity contribution in [2.75, 3.05) is 19.6 Å². The number of aromatic nitrogens is 2. The zero-order valence-corrected chi connectivity index (χ0v) is 12.1. The van der Waals surface area contributed by atoms with E-state index < -0.39 is 0 Å². The fraction of sp³-hybridized carbons (Fsp3) is 0.467. The maximum Gasteiger partial charge on any atom is 0.257 e. The summed E-state index contributed by atoms with van der Waals surface area (Å²) >= 11 is 0. The van der Waals surface area contributed by atoms with E-state index in [1.165, 1.54) is 0 Å². The smallest absolute Gasteiger partial charge is 0.257 e. The van der Waals surface area contributed by atoms with Gasteiger partial charge in [-0.1, -0.05) is 19.9 Å². The Morgan fingerprint density at radius 2 is 2.25 bits per heavy atom. The summed E-state index contributed by atoms with van der Waals surface area (Å²) in [5, 5.41) is 4.23. The molecule has 0 aliphatic heterocycles. The fourth-order valence-electron chi connectivity index (χ4n) is 2.27. The highest BCUT2D eigenvalue weighted by atomic mass is 16.2. The molecule has 20 heavy (non-hydrogen) atoms. The highest BCUT2D eigenvalue weighted by Gasteiger charge is 2.20. The Labute approximate surface area is 119 Å². The molecule has 2 heterocycles. The van der Waals surface area contributed by atoms with Gasteiger partial charge in [0, 0.05) is 19.3 Å². The molecule has 2 aromatic heterocycles. The predicted molar refractivity (Wildman–Crippen MR) is 79.6 cm³/mol. The van der Waals surface area contributed by atoms with Gasteiger partial charge in [-0.3, -0.25) is 4.79 Å². The SMILES string of the molecule is CC(C)CN(CCCN)C(=O)c1cnn2ccccc12. The molecule has 0 fully saturated rings. The van der Waals surface area contributed by atoms with Crippen LogP contribution < -0.4 is 5.73 Å². The van der Waals surface area contributed by atoms with Gasteiger partial charge in [0.25, 0.3) is 5.91 Å². The van der Waals surface area contributed by atoms with Crippen molar-refractivity contribution in [3.63, 3.8) is 0 Å². The van der Waals surface area contributed by atoms with Crippen LogP contribution in [0.1, 0.15) is 30.6 Å². The lowest BCUT2D eigenvalue weighted by Crippen LogP contribution is -2.35. The average Bonchev–Trinajstić information content (AvgIpc) is 2.86. The van der Waals surface area contributed by atoms with Gasteiger partial charge in [0.2, 0.25) is 0 Å². The first-order valence-electron chi connectivity index (χ1n) is 7.05. The van der Waals surface area contributed by atoms with Crippen LogP contribution >= 0.6 is 0 Å². The molecular formula is C15H22N4O. The molecule has 0 saturated carbocycles. The molecule has 0 aromatic carbocycles. The van der Waals surface area contributed by atoms with Crippen LogP contribution in [0.2, 0.25) is 0 Å². The molecule has 1 amide bonds. The molecule has 5 nitrogen and oxygen atoms in total. The number of rotatable bonds is 6. The Hall–Kier alpha value is -1.88. The highest BCUT2D eigenvalue weighted by molar-refractivity contribution is 6.00. The maximum absolute atomic E-state index is 12.7. The number of fused-ring (bicyclic) bond motifs is 1. The maximum atomic E-state index is 12.7. The van der Waals surface area contributed by atoms with Gasteiger partial charge < -0.3 is 10.6 Å². The minimum absolute atomic E-state index is 0.0355. The molecule has 0 saturated heterocycles. The van der Waals surface area contributed by atoms with E-state index in [2.05, 4.69) is 18.9 Å². The summed E-state index contributed by atoms with van der Waals surface area (Å²) in [4.78, 5) is 14.6. The van der Waals surface area contributed by atoms with Crippen LogP contribution in [0.3, 0.4) is 0 Å². The number of pyridine rings is 1. The van der Waals surface area contributed by atoms with Crippen molar-refractivity contribution in [2.45, 2.75) is 20.3 Å². The van der Waals surface area contributed by atoms with Crippen LogP contribution in [-0.2, 0) is 0 Å². The summed E-state index contributed by atoms with van der Waals surface area (Å²) in [5.41, 5.74) is 7.06. The van der Waals surface area contributed by atoms with Crippen LogP contribution in [0.15, 0.2) is 30.6 Å². The first-order chi connectivity index (χ1) is 9.63. The summed E-state index contributed by atoms with van der Waals surface area (Å²) in [7, 11) is 0. The minimum atomic E-state index is 0.0355. The number of nitrogens with two attached hydrogens (primary N) is 1. The van der Waals surface area contributed by atoms with Crippen molar-refractivity contribution in [2.24, 2.45) is 11.7 Å². The van der Waals surface area contributed by atoms with Crippen molar-refractivity contribution in [1.82, 2.24) is 14.5 Å². The monoisotopic (exact) mass is 274 g/mol. The van der Waals surface area contributed by atoms with Crippen LogP contribution in [0, 0.1) is 5.92 Å². The summed E-state index contributed by atoms with van der Waals surface area (Å²) in [5.74, 6) is 0.465. The lowest BCUT2D eigenvalue weighted by molar-refractivity contribution is 0.0737. The molecule has 0 spiro atoms. The fourth-order valence-corrected chi connectivity index (χ4v) is 2.27. The molecule has 5 heteroatoms. The number of hydrogen-bond donors (Lipinski definition) is 1. The van der Waals surface area contributed by atoms with Gasteiger partial charge in [0.15, 0.2) is 0 Å². The number of amides is 1. The second-order valence-electron chi connectivity index (χ2n) is 5.38. The molecule has 0 unspecified atom stereocenters. The third-order valence-corrected chi connectivity index (χ3v) is 3.16. The third-order valence-electron chi connectivity index (χ3n) is 3.16. The molecule has 0 aliphatic rings. The number of hydrogen-bond acceptors (Lipinski definition) is 3. The second-order valence-corrected chi connectivity index (χ2v) is 5.38. The molecule has 2 N–H and O–H groups in total. The van der Waals surface area contributed by atoms with Crippen molar-refractivity contribution in [1.29, 1.82) is 0 Å². The molecule has 0 bridgehead atoms. The van der Waals surface area contributed by atoms with Gasteiger partial charge in [-0.05, 0) is 31.0 Å². The summed E-state index contributed by atoms with van der Waals surface area (Å²) in [6, 6.07) is 5.73. The summed E-state index contributed by atoms with van der Waals surface area (Å²) in [6.45, 7) is 6.25. The molecule has 2 aromatic rings. The summed E-state index contributed by atoms with van der Waals surface area (Å²) in [6.07, 6.45) is 4.31. The van der Waals surface area contributed by atoms with Gasteiger partial charge in [0.1, 0.15) is 0 Å². The number of carbonyl (C=O) groups is 1. The van der Waals surface area contributed by atoms with Crippen molar-refractivity contribution in [3.05, 3.63) is 36.2 Å². The van der Waals surface area contributed by atoms with E-state index in [1.54, 1.807) is 10.7 Å². The van der Waals surface area contributed by atoms with E-state index in [4.69, 9.17) is 5.73 Å². The van der Waals surface area contributed by atoms with Crippen molar-refractivity contribution < 1.29 is 4.79 Å². The zero-order valence-electron chi connectivity index (χ0n) is 12.1. The first kappa shape index (κ1) is 14.5. The molecule has 0 atom stereocenters. The van der Waals surface area contributed by atoms with Gasteiger partial charge in [0.05, 0.1) is 17.3 Å². The van der Waals surface area contributed by atoms with E-state index >= 15 is 0 Å². The van der Waals surface area contributed by atoms with E-state index in [0.717, 1.165) is 18.5 Å². The highest BCUT2D eigenvalue weighted by Crippen LogP contribution is 2.14. The van der Waals surface area contributed by atoms with Gasteiger partial charge in [-0.15, -0.1) is 0 Å². The predicted octanol–water partition coefficient (Wildman–Crippen LogP) is 1.78. The van der Waals surface area contributed by atoms with Gasteiger partial charge in [-0.25, -0.2) is 4.52 Å². The number of nitrogens with zero attached hydrogens (tertiary/aromatic N) is 3. The summed E-state index contributed by atoms with van der Waals surface area (Å²) < 4.78 is 1.73. The lowest BCUT2D eigenvalue weighted by Gasteiger charge is -2.24. The Bertz CT molecular complexity index is 576. The van der Waals surface area contributed by atoms with Crippen LogP contribution in [-0.4, -0.2) is 40.1 Å². The largest absolute Gasteiger partial charge is 0.338 e.